The number of fused-ring (bicyclic) bond motifs is 12. The summed E-state index contributed by atoms with van der Waals surface area (Å²) in [5.41, 5.74) is 17.8. The zero-order valence-corrected chi connectivity index (χ0v) is 34.8. The second-order valence-electron chi connectivity index (χ2n) is 17.4. The summed E-state index contributed by atoms with van der Waals surface area (Å²) in [6.45, 7) is 0. The largest absolute Gasteiger partial charge is 0.310 e. The van der Waals surface area contributed by atoms with Crippen molar-refractivity contribution >= 4 is 59.3 Å². The molecule has 1 spiro atoms. The number of rotatable bonds is 5. The maximum absolute atomic E-state index is 2.60. The van der Waals surface area contributed by atoms with E-state index in [1.807, 2.05) is 11.3 Å². The van der Waals surface area contributed by atoms with Gasteiger partial charge < -0.3 is 4.90 Å². The highest BCUT2D eigenvalue weighted by Crippen LogP contribution is 2.63. The lowest BCUT2D eigenvalue weighted by atomic mass is 9.61. The monoisotopic (exact) mass is 797 g/mol. The number of benzene rings is 9. The summed E-state index contributed by atoms with van der Waals surface area (Å²) in [5.74, 6) is 0.626. The maximum Gasteiger partial charge on any atom is 0.0726 e. The smallest absolute Gasteiger partial charge is 0.0726 e. The van der Waals surface area contributed by atoms with Gasteiger partial charge in [0.15, 0.2) is 0 Å². The second kappa shape index (κ2) is 13.6. The van der Waals surface area contributed by atoms with Crippen molar-refractivity contribution < 1.29 is 0 Å². The molecule has 0 saturated heterocycles. The van der Waals surface area contributed by atoms with Crippen LogP contribution in [0, 0.1) is 0 Å². The Morgan fingerprint density at radius 2 is 1.07 bits per heavy atom. The molecule has 3 aliphatic rings. The lowest BCUT2D eigenvalue weighted by molar-refractivity contribution is 0.443. The molecule has 1 aromatic heterocycles. The van der Waals surface area contributed by atoms with Crippen molar-refractivity contribution in [3.63, 3.8) is 0 Å². The Morgan fingerprint density at radius 3 is 1.95 bits per heavy atom. The standard InChI is InChI=1S/C59H43NS/c1-3-13-38(14-4-1)40-25-28-43(29-26-40)60(45-31-33-49-48-20-8-10-24-56(48)61-57(49)37-45)44-30-32-47-46-19-7-9-22-52(46)59(55(47)36-44)53-34-27-42(39-15-5-2-6-16-39)35-51(53)50-21-11-17-41-18-12-23-54(59)58(41)50/h1,3-4,7-14,17-37,39H,2,5-6,15-16H2. The second-order valence-corrected chi connectivity index (χ2v) is 18.5. The molecule has 3 aliphatic carbocycles. The van der Waals surface area contributed by atoms with Gasteiger partial charge in [-0.25, -0.2) is 0 Å². The van der Waals surface area contributed by atoms with Crippen LogP contribution in [0.25, 0.3) is 64.3 Å². The van der Waals surface area contributed by atoms with Crippen LogP contribution in [-0.2, 0) is 5.41 Å². The van der Waals surface area contributed by atoms with Crippen molar-refractivity contribution in [2.24, 2.45) is 0 Å². The summed E-state index contributed by atoms with van der Waals surface area (Å²) < 4.78 is 2.62. The van der Waals surface area contributed by atoms with Gasteiger partial charge in [-0.05, 0) is 133 Å². The molecule has 0 radical (unpaired) electrons. The third-order valence-corrected chi connectivity index (χ3v) is 15.4. The molecule has 0 N–H and O–H groups in total. The van der Waals surface area contributed by atoms with Crippen LogP contribution in [0.2, 0.25) is 0 Å². The van der Waals surface area contributed by atoms with Crippen molar-refractivity contribution in [1.82, 2.24) is 0 Å². The van der Waals surface area contributed by atoms with Gasteiger partial charge in [-0.2, -0.15) is 0 Å². The lowest BCUT2D eigenvalue weighted by Crippen LogP contribution is -2.32. The average molecular weight is 798 g/mol. The van der Waals surface area contributed by atoms with Crippen molar-refractivity contribution in [3.05, 3.63) is 222 Å². The molecule has 2 heteroatoms. The summed E-state index contributed by atoms with van der Waals surface area (Å²) in [6, 6.07) is 73.9. The van der Waals surface area contributed by atoms with Crippen LogP contribution in [0.15, 0.2) is 194 Å². The summed E-state index contributed by atoms with van der Waals surface area (Å²) >= 11 is 1.88. The van der Waals surface area contributed by atoms with Gasteiger partial charge in [-0.3, -0.25) is 0 Å². The predicted octanol–water partition coefficient (Wildman–Crippen LogP) is 16.7. The molecular weight excluding hydrogens is 755 g/mol. The van der Waals surface area contributed by atoms with Crippen molar-refractivity contribution in [1.29, 1.82) is 0 Å². The van der Waals surface area contributed by atoms with Gasteiger partial charge in [-0.1, -0.05) is 171 Å². The summed E-state index contributed by atoms with van der Waals surface area (Å²) in [7, 11) is 0. The number of hydrogen-bond donors (Lipinski definition) is 0. The first kappa shape index (κ1) is 35.1. The lowest BCUT2D eigenvalue weighted by Gasteiger charge is -2.41. The highest BCUT2D eigenvalue weighted by Gasteiger charge is 2.50. The quantitative estimate of drug-likeness (QED) is 0.168. The number of anilines is 3. The van der Waals surface area contributed by atoms with Crippen molar-refractivity contribution in [3.8, 4) is 33.4 Å². The molecule has 9 aromatic carbocycles. The molecule has 0 amide bonds. The Balaban J connectivity index is 1.07. The zero-order chi connectivity index (χ0) is 40.1. The van der Waals surface area contributed by atoms with E-state index in [4.69, 9.17) is 0 Å². The van der Waals surface area contributed by atoms with E-state index in [1.54, 1.807) is 0 Å². The first-order valence-corrected chi connectivity index (χ1v) is 22.8. The Morgan fingerprint density at radius 1 is 0.410 bits per heavy atom. The maximum atomic E-state index is 2.60. The minimum atomic E-state index is -0.492. The fraction of sp³-hybridized carbons (Fsp3) is 0.119. The summed E-state index contributed by atoms with van der Waals surface area (Å²) in [4.78, 5) is 2.49. The SMILES string of the molecule is c1ccc(-c2ccc(N(c3ccc4c(c3)C3(c5ccccc5-4)c4ccc(C5CCCCC5)cc4-c4cccc5cccc3c45)c3ccc4c(c3)sc3ccccc34)cc2)cc1. The van der Waals surface area contributed by atoms with Crippen LogP contribution in [0.5, 0.6) is 0 Å². The Labute approximate surface area is 361 Å². The fourth-order valence-electron chi connectivity index (χ4n) is 11.5. The molecular formula is C59H43NS. The van der Waals surface area contributed by atoms with Gasteiger partial charge in [-0.15, -0.1) is 11.3 Å². The first-order valence-electron chi connectivity index (χ1n) is 22.0. The van der Waals surface area contributed by atoms with Gasteiger partial charge >= 0.3 is 0 Å². The predicted molar refractivity (Wildman–Crippen MR) is 259 cm³/mol. The van der Waals surface area contributed by atoms with Gasteiger partial charge in [0.1, 0.15) is 0 Å². The molecule has 290 valence electrons. The van der Waals surface area contributed by atoms with Crippen LogP contribution in [0.1, 0.15) is 65.8 Å². The topological polar surface area (TPSA) is 3.24 Å². The molecule has 10 aromatic rings. The molecule has 1 nitrogen and oxygen atoms in total. The fourth-order valence-corrected chi connectivity index (χ4v) is 12.7. The average Bonchev–Trinajstić information content (AvgIpc) is 3.84. The van der Waals surface area contributed by atoms with Gasteiger partial charge in [0.25, 0.3) is 0 Å². The van der Waals surface area contributed by atoms with E-state index in [0.717, 1.165) is 17.1 Å². The van der Waals surface area contributed by atoms with E-state index in [9.17, 15) is 0 Å². The van der Waals surface area contributed by atoms with Crippen LogP contribution in [0.4, 0.5) is 17.1 Å². The molecule has 13 rings (SSSR count). The van der Waals surface area contributed by atoms with E-state index in [0.29, 0.717) is 5.92 Å². The molecule has 0 aliphatic heterocycles. The van der Waals surface area contributed by atoms with Gasteiger partial charge in [0.05, 0.1) is 5.41 Å². The third-order valence-electron chi connectivity index (χ3n) is 14.3. The number of hydrogen-bond acceptors (Lipinski definition) is 2. The summed E-state index contributed by atoms with van der Waals surface area (Å²) in [5, 5.41) is 5.32. The van der Waals surface area contributed by atoms with E-state index >= 15 is 0 Å². The van der Waals surface area contributed by atoms with E-state index < -0.39 is 5.41 Å². The van der Waals surface area contributed by atoms with Crippen LogP contribution < -0.4 is 4.90 Å². The highest BCUT2D eigenvalue weighted by atomic mass is 32.1. The van der Waals surface area contributed by atoms with E-state index in [1.165, 1.54) is 124 Å². The third kappa shape index (κ3) is 5.19. The van der Waals surface area contributed by atoms with Crippen LogP contribution in [0.3, 0.4) is 0 Å². The number of thiophene rings is 1. The molecule has 1 saturated carbocycles. The first-order chi connectivity index (χ1) is 30.2. The van der Waals surface area contributed by atoms with E-state index in [-0.39, 0.29) is 0 Å². The summed E-state index contributed by atoms with van der Waals surface area (Å²) in [6.07, 6.45) is 6.59. The number of nitrogens with zero attached hydrogens (tertiary/aromatic N) is 1. The highest BCUT2D eigenvalue weighted by molar-refractivity contribution is 7.25. The molecule has 1 unspecified atom stereocenters. The molecule has 0 bridgehead atoms. The Hall–Kier alpha value is -6.74. The van der Waals surface area contributed by atoms with Crippen LogP contribution in [-0.4, -0.2) is 0 Å². The minimum Gasteiger partial charge on any atom is -0.310 e. The molecule has 61 heavy (non-hydrogen) atoms. The van der Waals surface area contributed by atoms with Crippen molar-refractivity contribution in [2.75, 3.05) is 4.90 Å². The van der Waals surface area contributed by atoms with Crippen molar-refractivity contribution in [2.45, 2.75) is 43.4 Å². The minimum absolute atomic E-state index is 0.492. The van der Waals surface area contributed by atoms with Gasteiger partial charge in [0.2, 0.25) is 0 Å². The Bertz CT molecular complexity index is 3350. The Kier molecular flexibility index (Phi) is 7.84. The zero-order valence-electron chi connectivity index (χ0n) is 33.9. The van der Waals surface area contributed by atoms with E-state index in [2.05, 4.69) is 199 Å². The van der Waals surface area contributed by atoms with Crippen LogP contribution >= 0.6 is 11.3 Å². The molecule has 1 fully saturated rings. The normalized spacial score (nSPS) is 16.5. The molecule has 1 atom stereocenters. The molecule has 1 heterocycles. The van der Waals surface area contributed by atoms with Gasteiger partial charge in [0, 0.05) is 37.2 Å².